The van der Waals surface area contributed by atoms with Crippen LogP contribution in [0.2, 0.25) is 0 Å². The molecule has 0 radical (unpaired) electrons. The zero-order valence-electron chi connectivity index (χ0n) is 13.4. The van der Waals surface area contributed by atoms with Crippen molar-refractivity contribution < 1.29 is 9.31 Å². The molecule has 0 atom stereocenters. The first-order valence-corrected chi connectivity index (χ1v) is 8.11. The molecule has 3 aromatic rings. The molecule has 4 rings (SSSR count). The molecule has 0 unspecified atom stereocenters. The minimum absolute atomic E-state index is 0.141. The summed E-state index contributed by atoms with van der Waals surface area (Å²) in [6.45, 7) is 1.59. The first-order chi connectivity index (χ1) is 12.1. The van der Waals surface area contributed by atoms with E-state index in [2.05, 4.69) is 15.0 Å². The van der Waals surface area contributed by atoms with Gasteiger partial charge in [-0.15, -0.1) is 0 Å². The third-order valence-corrected chi connectivity index (χ3v) is 4.68. The van der Waals surface area contributed by atoms with Gasteiger partial charge < -0.3 is 15.0 Å². The molecule has 0 bridgehead atoms. The van der Waals surface area contributed by atoms with E-state index in [1.54, 1.807) is 6.07 Å². The van der Waals surface area contributed by atoms with Crippen LogP contribution < -0.4 is 4.90 Å². The Labute approximate surface area is 142 Å². The second-order valence-electron chi connectivity index (χ2n) is 6.15. The lowest BCUT2D eigenvalue weighted by Crippen LogP contribution is -2.33. The van der Waals surface area contributed by atoms with E-state index in [0.717, 1.165) is 31.5 Å². The van der Waals surface area contributed by atoms with E-state index in [1.807, 2.05) is 18.2 Å². The minimum atomic E-state index is -0.489. The lowest BCUT2D eigenvalue weighted by molar-refractivity contribution is -0.391. The minimum Gasteiger partial charge on any atom is -0.358 e. The van der Waals surface area contributed by atoms with Gasteiger partial charge in [0.1, 0.15) is 12.0 Å². The number of nitrogens with zero attached hydrogens (tertiary/aromatic N) is 5. The third kappa shape index (κ3) is 2.90. The number of nitro groups is 1. The van der Waals surface area contributed by atoms with Crippen LogP contribution in [0.15, 0.2) is 42.6 Å². The summed E-state index contributed by atoms with van der Waals surface area (Å²) in [4.78, 5) is 16.7. The van der Waals surface area contributed by atoms with Crippen LogP contribution in [-0.2, 0) is 0 Å². The second kappa shape index (κ2) is 6.12. The number of hydrogen-bond acceptors (Lipinski definition) is 5. The van der Waals surface area contributed by atoms with Crippen molar-refractivity contribution in [3.05, 3.63) is 64.1 Å². The fourth-order valence-electron chi connectivity index (χ4n) is 3.32. The van der Waals surface area contributed by atoms with Gasteiger partial charge in [0.15, 0.2) is 5.82 Å². The van der Waals surface area contributed by atoms with Gasteiger partial charge >= 0.3 is 5.82 Å². The average Bonchev–Trinajstić information content (AvgIpc) is 3.06. The van der Waals surface area contributed by atoms with E-state index < -0.39 is 4.92 Å². The third-order valence-electron chi connectivity index (χ3n) is 4.68. The van der Waals surface area contributed by atoms with Gasteiger partial charge in [0.25, 0.3) is 0 Å². The largest absolute Gasteiger partial charge is 0.368 e. The number of imidazole rings is 1. The first kappa shape index (κ1) is 15.5. The monoisotopic (exact) mass is 341 g/mol. The Balaban J connectivity index is 1.52. The zero-order valence-corrected chi connectivity index (χ0v) is 13.4. The molecule has 0 aliphatic carbocycles. The van der Waals surface area contributed by atoms with Gasteiger partial charge in [-0.05, 0) is 47.4 Å². The molecule has 25 heavy (non-hydrogen) atoms. The fourth-order valence-corrected chi connectivity index (χ4v) is 3.32. The summed E-state index contributed by atoms with van der Waals surface area (Å²) in [6, 6.07) is 10.3. The molecule has 1 fully saturated rings. The predicted octanol–water partition coefficient (Wildman–Crippen LogP) is 3.16. The van der Waals surface area contributed by atoms with Crippen molar-refractivity contribution in [1.29, 1.82) is 0 Å². The average molecular weight is 341 g/mol. The fraction of sp³-hybridized carbons (Fsp3) is 0.294. The number of hydrogen-bond donors (Lipinski definition) is 0. The molecule has 2 aromatic heterocycles. The van der Waals surface area contributed by atoms with Gasteiger partial charge in [-0.1, -0.05) is 21.7 Å². The van der Waals surface area contributed by atoms with Crippen LogP contribution in [0.4, 0.5) is 16.0 Å². The van der Waals surface area contributed by atoms with Crippen molar-refractivity contribution in [2.75, 3.05) is 18.0 Å². The Morgan fingerprint density at radius 1 is 1.12 bits per heavy atom. The van der Waals surface area contributed by atoms with Crippen LogP contribution in [0.3, 0.4) is 0 Å². The van der Waals surface area contributed by atoms with Crippen molar-refractivity contribution in [3.63, 3.8) is 0 Å². The predicted molar refractivity (Wildman–Crippen MR) is 90.2 cm³/mol. The van der Waals surface area contributed by atoms with Crippen molar-refractivity contribution in [2.24, 2.45) is 0 Å². The van der Waals surface area contributed by atoms with Crippen LogP contribution >= 0.6 is 0 Å². The molecule has 1 aromatic carbocycles. The zero-order chi connectivity index (χ0) is 17.4. The van der Waals surface area contributed by atoms with E-state index in [-0.39, 0.29) is 11.6 Å². The van der Waals surface area contributed by atoms with E-state index in [4.69, 9.17) is 0 Å². The topological polar surface area (TPSA) is 76.6 Å². The number of benzene rings is 1. The van der Waals surface area contributed by atoms with Gasteiger partial charge in [0.2, 0.25) is 5.65 Å². The second-order valence-corrected chi connectivity index (χ2v) is 6.15. The molecule has 0 amide bonds. The Kier molecular flexibility index (Phi) is 3.79. The Morgan fingerprint density at radius 3 is 2.52 bits per heavy atom. The molecular weight excluding hydrogens is 325 g/mol. The lowest BCUT2D eigenvalue weighted by Gasteiger charge is -2.32. The Morgan fingerprint density at radius 2 is 1.84 bits per heavy atom. The van der Waals surface area contributed by atoms with Crippen LogP contribution in [0.25, 0.3) is 5.65 Å². The number of anilines is 1. The van der Waals surface area contributed by atoms with Crippen molar-refractivity contribution in [3.8, 4) is 0 Å². The van der Waals surface area contributed by atoms with Gasteiger partial charge in [-0.2, -0.15) is 0 Å². The van der Waals surface area contributed by atoms with E-state index in [0.29, 0.717) is 17.4 Å². The highest BCUT2D eigenvalue weighted by Gasteiger charge is 2.24. The SMILES string of the molecule is O=[N+]([O-])c1cnc2ccc(N3CCC(c4ccc(F)cc4)CC3)nn12. The summed E-state index contributed by atoms with van der Waals surface area (Å²) < 4.78 is 14.3. The Hall–Kier alpha value is -3.03. The highest BCUT2D eigenvalue weighted by Crippen LogP contribution is 2.30. The van der Waals surface area contributed by atoms with Crippen molar-refractivity contribution >= 4 is 17.3 Å². The maximum absolute atomic E-state index is 13.1. The number of rotatable bonds is 3. The summed E-state index contributed by atoms with van der Waals surface area (Å²) >= 11 is 0. The molecule has 1 aliphatic heterocycles. The summed E-state index contributed by atoms with van der Waals surface area (Å²) in [6.07, 6.45) is 3.07. The van der Waals surface area contributed by atoms with Crippen molar-refractivity contribution in [1.82, 2.24) is 14.6 Å². The summed E-state index contributed by atoms with van der Waals surface area (Å²) in [5, 5.41) is 15.4. The van der Waals surface area contributed by atoms with Crippen LogP contribution in [-0.4, -0.2) is 32.6 Å². The first-order valence-electron chi connectivity index (χ1n) is 8.11. The van der Waals surface area contributed by atoms with Crippen LogP contribution in [0.5, 0.6) is 0 Å². The highest BCUT2D eigenvalue weighted by molar-refractivity contribution is 5.49. The van der Waals surface area contributed by atoms with Crippen LogP contribution in [0, 0.1) is 15.9 Å². The molecule has 7 nitrogen and oxygen atoms in total. The van der Waals surface area contributed by atoms with Gasteiger partial charge in [-0.25, -0.2) is 9.37 Å². The summed E-state index contributed by atoms with van der Waals surface area (Å²) in [5.41, 5.74) is 1.60. The van der Waals surface area contributed by atoms with Gasteiger partial charge in [0, 0.05) is 19.2 Å². The molecule has 3 heterocycles. The van der Waals surface area contributed by atoms with Crippen LogP contribution in [0.1, 0.15) is 24.3 Å². The maximum atomic E-state index is 13.1. The number of halogens is 1. The molecular formula is C17H16FN5O2. The van der Waals surface area contributed by atoms with Gasteiger partial charge in [0.05, 0.1) is 0 Å². The standard InChI is InChI=1S/C17H16FN5O2/c18-14-3-1-12(2-4-14)13-7-9-21(10-8-13)16-6-5-15-19-11-17(23(24)25)22(15)20-16/h1-6,11,13H,7-10H2. The molecule has 1 aliphatic rings. The molecule has 0 N–H and O–H groups in total. The lowest BCUT2D eigenvalue weighted by atomic mass is 9.89. The summed E-state index contributed by atoms with van der Waals surface area (Å²) in [5.74, 6) is 0.730. The summed E-state index contributed by atoms with van der Waals surface area (Å²) in [7, 11) is 0. The number of piperidine rings is 1. The van der Waals surface area contributed by atoms with E-state index in [9.17, 15) is 14.5 Å². The molecule has 8 heteroatoms. The molecule has 0 saturated carbocycles. The maximum Gasteiger partial charge on any atom is 0.368 e. The van der Waals surface area contributed by atoms with Gasteiger partial charge in [-0.3, -0.25) is 0 Å². The highest BCUT2D eigenvalue weighted by atomic mass is 19.1. The normalized spacial score (nSPS) is 15.6. The van der Waals surface area contributed by atoms with Crippen molar-refractivity contribution in [2.45, 2.75) is 18.8 Å². The molecule has 128 valence electrons. The molecule has 0 spiro atoms. The smallest absolute Gasteiger partial charge is 0.358 e. The van der Waals surface area contributed by atoms with E-state index >= 15 is 0 Å². The Bertz CT molecular complexity index is 916. The number of fused-ring (bicyclic) bond motifs is 1. The quantitative estimate of drug-likeness (QED) is 0.540. The van der Waals surface area contributed by atoms with E-state index in [1.165, 1.54) is 22.8 Å². The molecule has 1 saturated heterocycles. The number of aromatic nitrogens is 3.